The van der Waals surface area contributed by atoms with Crippen LogP contribution in [-0.4, -0.2) is 25.0 Å². The first-order valence-corrected chi connectivity index (χ1v) is 15.8. The Morgan fingerprint density at radius 1 is 0.545 bits per heavy atom. The molecule has 1 aliphatic rings. The van der Waals surface area contributed by atoms with Gasteiger partial charge in [-0.2, -0.15) is 0 Å². The highest BCUT2D eigenvalue weighted by Gasteiger charge is 2.34. The van der Waals surface area contributed by atoms with E-state index in [0.29, 0.717) is 0 Å². The van der Waals surface area contributed by atoms with Gasteiger partial charge < -0.3 is 4.90 Å². The van der Waals surface area contributed by atoms with Crippen molar-refractivity contribution in [3.8, 4) is 0 Å². The van der Waals surface area contributed by atoms with E-state index in [0.717, 1.165) is 23.8 Å². The topological polar surface area (TPSA) is 3.24 Å². The average Bonchev–Trinajstić information content (AvgIpc) is 3.56. The monoisotopic (exact) mass is 464 g/mol. The van der Waals surface area contributed by atoms with Crippen LogP contribution in [0, 0.1) is 17.8 Å². The molecule has 33 heavy (non-hydrogen) atoms. The highest BCUT2D eigenvalue weighted by molar-refractivity contribution is 4.85. The van der Waals surface area contributed by atoms with Crippen molar-refractivity contribution >= 4 is 0 Å². The first-order valence-electron chi connectivity index (χ1n) is 15.8. The van der Waals surface area contributed by atoms with Crippen LogP contribution < -0.4 is 0 Å². The van der Waals surface area contributed by atoms with E-state index in [1.54, 1.807) is 19.3 Å². The fourth-order valence-electron chi connectivity index (χ4n) is 6.12. The van der Waals surface area contributed by atoms with Crippen molar-refractivity contribution in [1.29, 1.82) is 0 Å². The van der Waals surface area contributed by atoms with Crippen LogP contribution in [0.2, 0.25) is 0 Å². The Bertz CT molecular complexity index is 403. The van der Waals surface area contributed by atoms with Crippen molar-refractivity contribution in [2.24, 2.45) is 17.8 Å². The average molecular weight is 464 g/mol. The lowest BCUT2D eigenvalue weighted by atomic mass is 9.92. The summed E-state index contributed by atoms with van der Waals surface area (Å²) >= 11 is 0. The maximum absolute atomic E-state index is 2.42. The summed E-state index contributed by atoms with van der Waals surface area (Å²) in [5.74, 6) is 3.26. The van der Waals surface area contributed by atoms with E-state index in [1.165, 1.54) is 128 Å². The Morgan fingerprint density at radius 2 is 1.00 bits per heavy atom. The molecule has 0 aliphatic heterocycles. The van der Waals surface area contributed by atoms with Crippen LogP contribution in [0.1, 0.15) is 168 Å². The second-order valence-electron chi connectivity index (χ2n) is 11.9. The van der Waals surface area contributed by atoms with Crippen molar-refractivity contribution < 1.29 is 0 Å². The highest BCUT2D eigenvalue weighted by atomic mass is 15.1. The molecule has 1 saturated carbocycles. The van der Waals surface area contributed by atoms with E-state index >= 15 is 0 Å². The van der Waals surface area contributed by atoms with Gasteiger partial charge in [0.25, 0.3) is 0 Å². The molecule has 0 spiro atoms. The van der Waals surface area contributed by atoms with Gasteiger partial charge in [-0.1, -0.05) is 149 Å². The molecule has 1 fully saturated rings. The largest absolute Gasteiger partial charge is 0.306 e. The van der Waals surface area contributed by atoms with Gasteiger partial charge in [-0.25, -0.2) is 0 Å². The standard InChI is InChI=1S/C32H65N/c1-6-9-10-11-14-20-25-30-28-31(30)26-21-15-12-13-18-23-29(7-2)24-19-16-17-22-27-32(8-3)33(4)5/h29-32H,6-28H2,1-5H3/t29?,30-,31+,32?/m1/s1. The lowest BCUT2D eigenvalue weighted by molar-refractivity contribution is 0.264. The molecule has 4 atom stereocenters. The smallest absolute Gasteiger partial charge is 0.00865 e. The summed E-state index contributed by atoms with van der Waals surface area (Å²) in [6.07, 6.45) is 33.8. The zero-order valence-electron chi connectivity index (χ0n) is 24.0. The Labute approximate surface area is 211 Å². The molecule has 0 N–H and O–H groups in total. The van der Waals surface area contributed by atoms with Gasteiger partial charge >= 0.3 is 0 Å². The molecule has 0 radical (unpaired) electrons. The maximum Gasteiger partial charge on any atom is 0.00865 e. The number of hydrogen-bond donors (Lipinski definition) is 0. The molecule has 2 unspecified atom stereocenters. The van der Waals surface area contributed by atoms with E-state index in [1.807, 2.05) is 0 Å². The lowest BCUT2D eigenvalue weighted by Crippen LogP contribution is -2.26. The molecule has 0 aromatic rings. The molecular formula is C32H65N. The molecule has 1 aliphatic carbocycles. The Morgan fingerprint density at radius 3 is 1.45 bits per heavy atom. The fourth-order valence-corrected chi connectivity index (χ4v) is 6.12. The summed E-state index contributed by atoms with van der Waals surface area (Å²) in [5.41, 5.74) is 0. The quantitative estimate of drug-likeness (QED) is 0.122. The van der Waals surface area contributed by atoms with E-state index in [4.69, 9.17) is 0 Å². The second kappa shape index (κ2) is 21.3. The van der Waals surface area contributed by atoms with Gasteiger partial charge in [0.15, 0.2) is 0 Å². The van der Waals surface area contributed by atoms with Crippen molar-refractivity contribution in [2.75, 3.05) is 14.1 Å². The summed E-state index contributed by atoms with van der Waals surface area (Å²) in [5, 5.41) is 0. The summed E-state index contributed by atoms with van der Waals surface area (Å²) in [4.78, 5) is 2.41. The molecule has 1 heteroatoms. The van der Waals surface area contributed by atoms with E-state index < -0.39 is 0 Å². The number of nitrogens with zero attached hydrogens (tertiary/aromatic N) is 1. The minimum atomic E-state index is 0.796. The highest BCUT2D eigenvalue weighted by Crippen LogP contribution is 2.45. The van der Waals surface area contributed by atoms with Gasteiger partial charge in [-0.05, 0) is 51.1 Å². The van der Waals surface area contributed by atoms with Gasteiger partial charge in [-0.3, -0.25) is 0 Å². The van der Waals surface area contributed by atoms with Gasteiger partial charge in [0.1, 0.15) is 0 Å². The molecule has 0 saturated heterocycles. The summed E-state index contributed by atoms with van der Waals surface area (Å²) in [6, 6.07) is 0.796. The summed E-state index contributed by atoms with van der Waals surface area (Å²) in [6.45, 7) is 7.07. The van der Waals surface area contributed by atoms with Crippen molar-refractivity contribution in [3.63, 3.8) is 0 Å². The predicted molar refractivity (Wildman–Crippen MR) is 151 cm³/mol. The van der Waals surface area contributed by atoms with Crippen molar-refractivity contribution in [1.82, 2.24) is 4.90 Å². The van der Waals surface area contributed by atoms with E-state index in [-0.39, 0.29) is 0 Å². The van der Waals surface area contributed by atoms with Gasteiger partial charge in [0, 0.05) is 6.04 Å². The first kappa shape index (κ1) is 31.0. The van der Waals surface area contributed by atoms with E-state index in [9.17, 15) is 0 Å². The minimum Gasteiger partial charge on any atom is -0.306 e. The summed E-state index contributed by atoms with van der Waals surface area (Å²) in [7, 11) is 4.47. The van der Waals surface area contributed by atoms with Gasteiger partial charge in [0.2, 0.25) is 0 Å². The SMILES string of the molecule is CCCCCCCC[C@@H]1C[C@@H]1CCCCCCCC(CC)CCCCCCC(CC)N(C)C. The predicted octanol–water partition coefficient (Wildman–Crippen LogP) is 10.8. The Balaban J connectivity index is 1.86. The molecule has 0 aromatic carbocycles. The molecule has 0 heterocycles. The second-order valence-corrected chi connectivity index (χ2v) is 11.9. The normalized spacial score (nSPS) is 19.8. The number of unbranched alkanes of at least 4 members (excludes halogenated alkanes) is 12. The molecule has 0 bridgehead atoms. The van der Waals surface area contributed by atoms with Crippen LogP contribution in [0.4, 0.5) is 0 Å². The number of rotatable bonds is 25. The maximum atomic E-state index is 2.42. The summed E-state index contributed by atoms with van der Waals surface area (Å²) < 4.78 is 0. The molecule has 0 amide bonds. The van der Waals surface area contributed by atoms with Crippen LogP contribution in [0.25, 0.3) is 0 Å². The molecule has 1 nitrogen and oxygen atoms in total. The van der Waals surface area contributed by atoms with Crippen LogP contribution >= 0.6 is 0 Å². The van der Waals surface area contributed by atoms with E-state index in [2.05, 4.69) is 39.8 Å². The number of hydrogen-bond acceptors (Lipinski definition) is 1. The third kappa shape index (κ3) is 17.1. The third-order valence-corrected chi connectivity index (χ3v) is 8.86. The Kier molecular flexibility index (Phi) is 20.0. The Hall–Kier alpha value is -0.0400. The molecule has 198 valence electrons. The first-order chi connectivity index (χ1) is 16.1. The lowest BCUT2D eigenvalue weighted by Gasteiger charge is -2.22. The van der Waals surface area contributed by atoms with Crippen LogP contribution in [0.15, 0.2) is 0 Å². The fraction of sp³-hybridized carbons (Fsp3) is 1.00. The van der Waals surface area contributed by atoms with Gasteiger partial charge in [0.05, 0.1) is 0 Å². The molecular weight excluding hydrogens is 398 g/mol. The molecule has 1 rings (SSSR count). The zero-order chi connectivity index (χ0) is 24.2. The third-order valence-electron chi connectivity index (χ3n) is 8.86. The van der Waals surface area contributed by atoms with Crippen molar-refractivity contribution in [3.05, 3.63) is 0 Å². The molecule has 0 aromatic heterocycles. The van der Waals surface area contributed by atoms with Crippen LogP contribution in [0.5, 0.6) is 0 Å². The van der Waals surface area contributed by atoms with Crippen LogP contribution in [0.3, 0.4) is 0 Å². The van der Waals surface area contributed by atoms with Gasteiger partial charge in [-0.15, -0.1) is 0 Å². The van der Waals surface area contributed by atoms with Crippen molar-refractivity contribution in [2.45, 2.75) is 174 Å². The van der Waals surface area contributed by atoms with Crippen LogP contribution in [-0.2, 0) is 0 Å². The minimum absolute atomic E-state index is 0.796. The zero-order valence-corrected chi connectivity index (χ0v) is 24.0.